The molecule has 1 saturated carbocycles. The van der Waals surface area contributed by atoms with Crippen molar-refractivity contribution in [2.75, 3.05) is 17.1 Å². The Bertz CT molecular complexity index is 1140. The minimum absolute atomic E-state index is 0.109. The number of hydrogen-bond donors (Lipinski definition) is 1. The Morgan fingerprint density at radius 1 is 1.03 bits per heavy atom. The molecule has 0 radical (unpaired) electrons. The Morgan fingerprint density at radius 3 is 2.29 bits per heavy atom. The van der Waals surface area contributed by atoms with Gasteiger partial charge in [-0.05, 0) is 55.7 Å². The van der Waals surface area contributed by atoms with E-state index in [0.29, 0.717) is 10.2 Å². The number of halogens is 2. The highest BCUT2D eigenvalue weighted by molar-refractivity contribution is 9.10. The van der Waals surface area contributed by atoms with Gasteiger partial charge in [0, 0.05) is 21.5 Å². The average Bonchev–Trinajstić information content (AvgIpc) is 2.81. The van der Waals surface area contributed by atoms with Crippen LogP contribution < -0.4 is 9.62 Å². The lowest BCUT2D eigenvalue weighted by Crippen LogP contribution is -2.52. The van der Waals surface area contributed by atoms with Crippen LogP contribution in [-0.4, -0.2) is 50.0 Å². The predicted octanol–water partition coefficient (Wildman–Crippen LogP) is 4.84. The van der Waals surface area contributed by atoms with E-state index in [1.54, 1.807) is 31.2 Å². The quantitative estimate of drug-likeness (QED) is 0.430. The van der Waals surface area contributed by atoms with Crippen LogP contribution in [0.5, 0.6) is 0 Å². The molecule has 2 amide bonds. The van der Waals surface area contributed by atoms with Gasteiger partial charge in [-0.3, -0.25) is 13.9 Å². The Hall–Kier alpha value is -1.91. The zero-order valence-corrected chi connectivity index (χ0v) is 23.9. The van der Waals surface area contributed by atoms with Gasteiger partial charge >= 0.3 is 0 Å². The first-order chi connectivity index (χ1) is 16.5. The molecule has 35 heavy (non-hydrogen) atoms. The number of nitrogens with zero attached hydrogens (tertiary/aromatic N) is 2. The van der Waals surface area contributed by atoms with Crippen LogP contribution in [0.3, 0.4) is 0 Å². The molecule has 0 aliphatic heterocycles. The summed E-state index contributed by atoms with van der Waals surface area (Å²) in [5.74, 6) is -0.680. The molecule has 2 aromatic rings. The average molecular weight is 629 g/mol. The first-order valence-corrected chi connectivity index (χ1v) is 15.1. The maximum atomic E-state index is 13.6. The molecule has 0 saturated heterocycles. The summed E-state index contributed by atoms with van der Waals surface area (Å²) >= 11 is 6.77. The molecule has 1 aliphatic rings. The molecule has 190 valence electrons. The number of nitrogens with one attached hydrogen (secondary N) is 1. The van der Waals surface area contributed by atoms with E-state index < -0.39 is 28.5 Å². The number of benzene rings is 2. The number of carbonyl (C=O) groups excluding carboxylic acids is 2. The third-order valence-corrected chi connectivity index (χ3v) is 8.32. The number of rotatable bonds is 9. The summed E-state index contributed by atoms with van der Waals surface area (Å²) in [6.07, 6.45) is 6.27. The van der Waals surface area contributed by atoms with Gasteiger partial charge in [-0.15, -0.1) is 0 Å². The normalized spacial score (nSPS) is 15.3. The maximum Gasteiger partial charge on any atom is 0.244 e. The van der Waals surface area contributed by atoms with Gasteiger partial charge in [0.25, 0.3) is 0 Å². The highest BCUT2D eigenvalue weighted by atomic mass is 79.9. The van der Waals surface area contributed by atoms with E-state index in [1.165, 1.54) is 11.3 Å². The molecule has 7 nitrogen and oxygen atoms in total. The van der Waals surface area contributed by atoms with Crippen molar-refractivity contribution >= 4 is 59.4 Å². The molecule has 3 rings (SSSR count). The van der Waals surface area contributed by atoms with E-state index in [9.17, 15) is 18.0 Å². The third kappa shape index (κ3) is 8.05. The summed E-state index contributed by atoms with van der Waals surface area (Å²) in [6, 6.07) is 13.6. The number of amides is 2. The molecular weight excluding hydrogens is 598 g/mol. The summed E-state index contributed by atoms with van der Waals surface area (Å²) < 4.78 is 27.9. The SMILES string of the molecule is C[C@@H](C(=O)NC1CCCCC1)N(Cc1ccc(Br)cc1)C(=O)CN(c1cccc(Br)c1)S(C)(=O)=O. The van der Waals surface area contributed by atoms with Crippen molar-refractivity contribution in [1.29, 1.82) is 0 Å². The van der Waals surface area contributed by atoms with Crippen molar-refractivity contribution in [3.63, 3.8) is 0 Å². The molecule has 0 unspecified atom stereocenters. The van der Waals surface area contributed by atoms with Gasteiger partial charge in [0.1, 0.15) is 12.6 Å². The third-order valence-electron chi connectivity index (χ3n) is 6.16. The van der Waals surface area contributed by atoms with Crippen LogP contribution in [0.15, 0.2) is 57.5 Å². The lowest BCUT2D eigenvalue weighted by atomic mass is 9.95. The van der Waals surface area contributed by atoms with E-state index in [-0.39, 0.29) is 18.5 Å². The molecular formula is C25H31Br2N3O4S. The van der Waals surface area contributed by atoms with Crippen LogP contribution in [0.25, 0.3) is 0 Å². The van der Waals surface area contributed by atoms with Crippen molar-refractivity contribution in [1.82, 2.24) is 10.2 Å². The van der Waals surface area contributed by atoms with Crippen LogP contribution in [0.4, 0.5) is 5.69 Å². The van der Waals surface area contributed by atoms with Crippen molar-refractivity contribution < 1.29 is 18.0 Å². The zero-order chi connectivity index (χ0) is 25.6. The van der Waals surface area contributed by atoms with Gasteiger partial charge in [0.05, 0.1) is 11.9 Å². The van der Waals surface area contributed by atoms with Gasteiger partial charge in [0.2, 0.25) is 21.8 Å². The Kier molecular flexibility index (Phi) is 9.77. The maximum absolute atomic E-state index is 13.6. The molecule has 10 heteroatoms. The van der Waals surface area contributed by atoms with Gasteiger partial charge in [-0.2, -0.15) is 0 Å². The van der Waals surface area contributed by atoms with Crippen molar-refractivity contribution in [2.24, 2.45) is 0 Å². The number of anilines is 1. The smallest absolute Gasteiger partial charge is 0.244 e. The van der Waals surface area contributed by atoms with Crippen molar-refractivity contribution in [3.8, 4) is 0 Å². The fourth-order valence-electron chi connectivity index (χ4n) is 4.18. The fourth-order valence-corrected chi connectivity index (χ4v) is 5.68. The molecule has 2 aromatic carbocycles. The standard InChI is InChI=1S/C25H31Br2N3O4S/c1-18(25(32)28-22-8-4-3-5-9-22)29(16-19-11-13-20(26)14-12-19)24(31)17-30(35(2,33)34)23-10-6-7-21(27)15-23/h6-7,10-15,18,22H,3-5,8-9,16-17H2,1-2H3,(H,28,32)/t18-/m0/s1. The Morgan fingerprint density at radius 2 is 1.69 bits per heavy atom. The van der Waals surface area contributed by atoms with Crippen LogP contribution in [0.1, 0.15) is 44.6 Å². The molecule has 0 heterocycles. The van der Waals surface area contributed by atoms with Crippen LogP contribution >= 0.6 is 31.9 Å². The van der Waals surface area contributed by atoms with Gasteiger partial charge in [0.15, 0.2) is 0 Å². The second-order valence-corrected chi connectivity index (χ2v) is 12.7. The highest BCUT2D eigenvalue weighted by Gasteiger charge is 2.31. The lowest BCUT2D eigenvalue weighted by Gasteiger charge is -2.33. The summed E-state index contributed by atoms with van der Waals surface area (Å²) in [7, 11) is -3.75. The van der Waals surface area contributed by atoms with Gasteiger partial charge in [-0.1, -0.05) is 69.3 Å². The molecule has 1 aliphatic carbocycles. The van der Waals surface area contributed by atoms with Crippen LogP contribution in [0, 0.1) is 0 Å². The molecule has 1 N–H and O–H groups in total. The second kappa shape index (κ2) is 12.4. The largest absolute Gasteiger partial charge is 0.352 e. The summed E-state index contributed by atoms with van der Waals surface area (Å²) in [5.41, 5.74) is 1.21. The Labute approximate surface area is 224 Å². The number of hydrogen-bond acceptors (Lipinski definition) is 4. The monoisotopic (exact) mass is 627 g/mol. The number of carbonyl (C=O) groups is 2. The summed E-state index contributed by atoms with van der Waals surface area (Å²) in [6.45, 7) is 1.47. The molecule has 0 bridgehead atoms. The predicted molar refractivity (Wildman–Crippen MR) is 146 cm³/mol. The molecule has 0 aromatic heterocycles. The molecule has 1 fully saturated rings. The minimum atomic E-state index is -3.75. The first kappa shape index (κ1) is 27.7. The van der Waals surface area contributed by atoms with Crippen LogP contribution in [-0.2, 0) is 26.2 Å². The molecule has 0 spiro atoms. The summed E-state index contributed by atoms with van der Waals surface area (Å²) in [5, 5.41) is 3.09. The van der Waals surface area contributed by atoms with Crippen molar-refractivity contribution in [2.45, 2.75) is 57.7 Å². The van der Waals surface area contributed by atoms with E-state index in [4.69, 9.17) is 0 Å². The second-order valence-electron chi connectivity index (χ2n) is 8.92. The topological polar surface area (TPSA) is 86.8 Å². The molecule has 1 atom stereocenters. The Balaban J connectivity index is 1.86. The summed E-state index contributed by atoms with van der Waals surface area (Å²) in [4.78, 5) is 28.2. The van der Waals surface area contributed by atoms with E-state index in [0.717, 1.165) is 46.3 Å². The zero-order valence-electron chi connectivity index (χ0n) is 19.9. The highest BCUT2D eigenvalue weighted by Crippen LogP contribution is 2.23. The van der Waals surface area contributed by atoms with Crippen molar-refractivity contribution in [3.05, 3.63) is 63.0 Å². The van der Waals surface area contributed by atoms with Gasteiger partial charge in [-0.25, -0.2) is 8.42 Å². The first-order valence-electron chi connectivity index (χ1n) is 11.6. The van der Waals surface area contributed by atoms with Gasteiger partial charge < -0.3 is 10.2 Å². The lowest BCUT2D eigenvalue weighted by molar-refractivity contribution is -0.139. The van der Waals surface area contributed by atoms with E-state index >= 15 is 0 Å². The fraction of sp³-hybridized carbons (Fsp3) is 0.440. The van der Waals surface area contributed by atoms with Crippen LogP contribution in [0.2, 0.25) is 0 Å². The minimum Gasteiger partial charge on any atom is -0.352 e. The van der Waals surface area contributed by atoms with E-state index in [2.05, 4.69) is 37.2 Å². The van der Waals surface area contributed by atoms with E-state index in [1.807, 2.05) is 24.3 Å². The number of sulfonamides is 1.